The molecule has 0 radical (unpaired) electrons. The fourth-order valence-corrected chi connectivity index (χ4v) is 2.88. The van der Waals surface area contributed by atoms with Gasteiger partial charge in [0.05, 0.1) is 12.7 Å². The van der Waals surface area contributed by atoms with E-state index in [1.807, 2.05) is 23.6 Å². The average Bonchev–Trinajstić information content (AvgIpc) is 2.96. The normalized spacial score (nSPS) is 23.1. The van der Waals surface area contributed by atoms with E-state index in [0.29, 0.717) is 25.3 Å². The van der Waals surface area contributed by atoms with E-state index in [9.17, 15) is 4.79 Å². The first-order valence-electron chi connectivity index (χ1n) is 7.10. The molecule has 5 heteroatoms. The number of carbonyl (C=O) groups excluding carboxylic acids is 1. The minimum atomic E-state index is -0.0762. The summed E-state index contributed by atoms with van der Waals surface area (Å²) in [4.78, 5) is 12.6. The maximum Gasteiger partial charge on any atom is 0.244 e. The second-order valence-corrected chi connectivity index (χ2v) is 6.03. The maximum absolute atomic E-state index is 11.6. The summed E-state index contributed by atoms with van der Waals surface area (Å²) in [6.45, 7) is 1.12. The molecule has 0 saturated heterocycles. The minimum absolute atomic E-state index is 0.0762. The maximum atomic E-state index is 11.6. The zero-order chi connectivity index (χ0) is 14.2. The van der Waals surface area contributed by atoms with Crippen molar-refractivity contribution in [3.63, 3.8) is 0 Å². The first-order valence-corrected chi connectivity index (χ1v) is 7.98. The molecule has 1 aliphatic carbocycles. The molecule has 1 heterocycles. The van der Waals surface area contributed by atoms with E-state index in [2.05, 4.69) is 5.32 Å². The van der Waals surface area contributed by atoms with Gasteiger partial charge in [-0.2, -0.15) is 0 Å². The van der Waals surface area contributed by atoms with Crippen molar-refractivity contribution in [1.82, 2.24) is 5.32 Å². The highest BCUT2D eigenvalue weighted by atomic mass is 32.1. The quantitative estimate of drug-likeness (QED) is 0.624. The summed E-state index contributed by atoms with van der Waals surface area (Å²) in [7, 11) is 0. The predicted molar refractivity (Wildman–Crippen MR) is 82.5 cm³/mol. The van der Waals surface area contributed by atoms with Gasteiger partial charge in [0.25, 0.3) is 0 Å². The molecule has 0 atom stereocenters. The van der Waals surface area contributed by atoms with Crippen LogP contribution in [0.1, 0.15) is 30.6 Å². The van der Waals surface area contributed by atoms with Gasteiger partial charge in [0.1, 0.15) is 0 Å². The summed E-state index contributed by atoms with van der Waals surface area (Å²) in [5.74, 6) is -0.0762. The Morgan fingerprint density at radius 3 is 2.95 bits per heavy atom. The van der Waals surface area contributed by atoms with E-state index in [-0.39, 0.29) is 5.91 Å². The van der Waals surface area contributed by atoms with E-state index in [1.54, 1.807) is 17.4 Å². The third-order valence-corrected chi connectivity index (χ3v) is 4.25. The van der Waals surface area contributed by atoms with Crippen molar-refractivity contribution in [3.05, 3.63) is 28.5 Å². The van der Waals surface area contributed by atoms with Gasteiger partial charge < -0.3 is 15.8 Å². The molecule has 0 aliphatic heterocycles. The van der Waals surface area contributed by atoms with Crippen LogP contribution in [-0.4, -0.2) is 31.2 Å². The highest BCUT2D eigenvalue weighted by Gasteiger charge is 2.18. The van der Waals surface area contributed by atoms with E-state index < -0.39 is 0 Å². The molecule has 1 aromatic heterocycles. The molecule has 2 rings (SSSR count). The summed E-state index contributed by atoms with van der Waals surface area (Å²) in [5.41, 5.74) is 5.85. The Morgan fingerprint density at radius 2 is 2.25 bits per heavy atom. The number of hydrogen-bond donors (Lipinski definition) is 2. The van der Waals surface area contributed by atoms with E-state index in [0.717, 1.165) is 30.6 Å². The summed E-state index contributed by atoms with van der Waals surface area (Å²) >= 11 is 1.61. The number of rotatable bonds is 6. The minimum Gasteiger partial charge on any atom is -0.376 e. The molecule has 1 fully saturated rings. The zero-order valence-electron chi connectivity index (χ0n) is 11.6. The third kappa shape index (κ3) is 5.45. The topological polar surface area (TPSA) is 64.3 Å². The molecule has 0 spiro atoms. The average molecular weight is 294 g/mol. The largest absolute Gasteiger partial charge is 0.376 e. The molecule has 0 aromatic carbocycles. The first-order chi connectivity index (χ1) is 9.74. The fourth-order valence-electron chi connectivity index (χ4n) is 2.26. The molecule has 1 saturated carbocycles. The Hall–Kier alpha value is -1.17. The molecule has 1 amide bonds. The van der Waals surface area contributed by atoms with Crippen molar-refractivity contribution < 1.29 is 9.53 Å². The molecule has 20 heavy (non-hydrogen) atoms. The standard InChI is InChI=1S/C15H22N2O2S/c16-12-3-5-13(6-4-12)19-10-9-17-15(18)8-7-14-2-1-11-20-14/h1-2,7-8,11-13H,3-6,9-10,16H2,(H,17,18). The van der Waals surface area contributed by atoms with Crippen LogP contribution in [0, 0.1) is 0 Å². The SMILES string of the molecule is NC1CCC(OCCNC(=O)C=Cc2cccs2)CC1. The van der Waals surface area contributed by atoms with Crippen molar-refractivity contribution in [1.29, 1.82) is 0 Å². The number of nitrogens with one attached hydrogen (secondary N) is 1. The van der Waals surface area contributed by atoms with Crippen LogP contribution in [-0.2, 0) is 9.53 Å². The van der Waals surface area contributed by atoms with Gasteiger partial charge in [-0.3, -0.25) is 4.79 Å². The number of thiophene rings is 1. The van der Waals surface area contributed by atoms with Crippen LogP contribution < -0.4 is 11.1 Å². The Bertz CT molecular complexity index is 423. The Balaban J connectivity index is 1.55. The second kappa shape index (κ2) is 8.19. The molecule has 0 unspecified atom stereocenters. The van der Waals surface area contributed by atoms with Gasteiger partial charge in [0.2, 0.25) is 5.91 Å². The van der Waals surface area contributed by atoms with Gasteiger partial charge in [-0.05, 0) is 43.2 Å². The third-order valence-electron chi connectivity index (χ3n) is 3.42. The molecule has 1 aliphatic rings. The Labute approximate surface area is 124 Å². The van der Waals surface area contributed by atoms with Crippen molar-refractivity contribution >= 4 is 23.3 Å². The van der Waals surface area contributed by atoms with Crippen LogP contribution in [0.15, 0.2) is 23.6 Å². The summed E-state index contributed by atoms with van der Waals surface area (Å²) in [6, 6.07) is 4.29. The lowest BCUT2D eigenvalue weighted by atomic mass is 9.94. The molecule has 110 valence electrons. The van der Waals surface area contributed by atoms with E-state index in [4.69, 9.17) is 10.5 Å². The smallest absolute Gasteiger partial charge is 0.244 e. The van der Waals surface area contributed by atoms with Gasteiger partial charge in [-0.25, -0.2) is 0 Å². The highest BCUT2D eigenvalue weighted by molar-refractivity contribution is 7.10. The number of ether oxygens (including phenoxy) is 1. The number of amides is 1. The van der Waals surface area contributed by atoms with Crippen LogP contribution in [0.4, 0.5) is 0 Å². The van der Waals surface area contributed by atoms with Gasteiger partial charge in [-0.15, -0.1) is 11.3 Å². The Kier molecular flexibility index (Phi) is 6.24. The predicted octanol–water partition coefficient (Wildman–Crippen LogP) is 2.16. The van der Waals surface area contributed by atoms with Crippen LogP contribution >= 0.6 is 11.3 Å². The van der Waals surface area contributed by atoms with E-state index >= 15 is 0 Å². The molecular weight excluding hydrogens is 272 g/mol. The van der Waals surface area contributed by atoms with Crippen molar-refractivity contribution in [3.8, 4) is 0 Å². The van der Waals surface area contributed by atoms with Crippen LogP contribution in [0.5, 0.6) is 0 Å². The molecular formula is C15H22N2O2S. The summed E-state index contributed by atoms with van der Waals surface area (Å²) in [6.07, 6.45) is 7.85. The van der Waals surface area contributed by atoms with Gasteiger partial charge in [0, 0.05) is 23.5 Å². The molecule has 4 nitrogen and oxygen atoms in total. The van der Waals surface area contributed by atoms with Crippen LogP contribution in [0.3, 0.4) is 0 Å². The second-order valence-electron chi connectivity index (χ2n) is 5.05. The summed E-state index contributed by atoms with van der Waals surface area (Å²) in [5, 5.41) is 4.81. The lowest BCUT2D eigenvalue weighted by Crippen LogP contribution is -2.32. The van der Waals surface area contributed by atoms with Crippen molar-refractivity contribution in [2.75, 3.05) is 13.2 Å². The van der Waals surface area contributed by atoms with Gasteiger partial charge in [-0.1, -0.05) is 6.07 Å². The van der Waals surface area contributed by atoms with Crippen LogP contribution in [0.25, 0.3) is 6.08 Å². The lowest BCUT2D eigenvalue weighted by molar-refractivity contribution is -0.116. The van der Waals surface area contributed by atoms with E-state index in [1.165, 1.54) is 0 Å². The number of carbonyl (C=O) groups is 1. The van der Waals surface area contributed by atoms with Crippen LogP contribution in [0.2, 0.25) is 0 Å². The number of hydrogen-bond acceptors (Lipinski definition) is 4. The monoisotopic (exact) mass is 294 g/mol. The van der Waals surface area contributed by atoms with Gasteiger partial charge >= 0.3 is 0 Å². The molecule has 3 N–H and O–H groups in total. The first kappa shape index (κ1) is 15.2. The van der Waals surface area contributed by atoms with Crippen molar-refractivity contribution in [2.45, 2.75) is 37.8 Å². The van der Waals surface area contributed by atoms with Crippen molar-refractivity contribution in [2.24, 2.45) is 5.73 Å². The van der Waals surface area contributed by atoms with Gasteiger partial charge in [0.15, 0.2) is 0 Å². The molecule has 0 bridgehead atoms. The lowest BCUT2D eigenvalue weighted by Gasteiger charge is -2.26. The highest BCUT2D eigenvalue weighted by Crippen LogP contribution is 2.19. The zero-order valence-corrected chi connectivity index (χ0v) is 12.4. The Morgan fingerprint density at radius 1 is 1.45 bits per heavy atom. The fraction of sp³-hybridized carbons (Fsp3) is 0.533. The molecule has 1 aromatic rings. The summed E-state index contributed by atoms with van der Waals surface area (Å²) < 4.78 is 5.74. The number of nitrogens with two attached hydrogens (primary N) is 1.